The number of hydrogen-bond acceptors (Lipinski definition) is 6. The van der Waals surface area contributed by atoms with E-state index in [-0.39, 0.29) is 23.8 Å². The summed E-state index contributed by atoms with van der Waals surface area (Å²) in [5, 5.41) is 9.88. The third kappa shape index (κ3) is 3.76. The Morgan fingerprint density at radius 1 is 1.19 bits per heavy atom. The normalized spacial score (nSPS) is 11.0. The van der Waals surface area contributed by atoms with E-state index in [1.165, 1.54) is 12.5 Å². The number of nitrogens with one attached hydrogen (secondary N) is 3. The van der Waals surface area contributed by atoms with Crippen molar-refractivity contribution < 1.29 is 9.21 Å². The number of aromatic nitrogens is 5. The summed E-state index contributed by atoms with van der Waals surface area (Å²) in [6.07, 6.45) is 4.34. The predicted octanol–water partition coefficient (Wildman–Crippen LogP) is 2.26. The minimum absolute atomic E-state index is 0.174. The van der Waals surface area contributed by atoms with E-state index >= 15 is 0 Å². The summed E-state index contributed by atoms with van der Waals surface area (Å²) in [6, 6.07) is 8.89. The van der Waals surface area contributed by atoms with Gasteiger partial charge in [-0.05, 0) is 24.6 Å². The summed E-state index contributed by atoms with van der Waals surface area (Å²) in [7, 11) is 0. The number of rotatable bonds is 6. The largest absolute Gasteiger partial charge is 0.472 e. The number of carbonyl (C=O) groups is 1. The van der Waals surface area contributed by atoms with Crippen molar-refractivity contribution in [1.29, 1.82) is 0 Å². The molecule has 0 saturated heterocycles. The second kappa shape index (κ2) is 7.24. The SMILES string of the molecule is O=C(CCCc1nc2ccccc2c(=O)[nH]1)Nc1n[nH]c(-c2ccoc2)n1. The van der Waals surface area contributed by atoms with Gasteiger partial charge in [0.05, 0.1) is 22.7 Å². The zero-order valence-electron chi connectivity index (χ0n) is 14.2. The fourth-order valence-corrected chi connectivity index (χ4v) is 2.70. The highest BCUT2D eigenvalue weighted by Crippen LogP contribution is 2.16. The number of fused-ring (bicyclic) bond motifs is 1. The molecule has 3 heterocycles. The van der Waals surface area contributed by atoms with Gasteiger partial charge in [-0.3, -0.25) is 20.0 Å². The fourth-order valence-electron chi connectivity index (χ4n) is 2.70. The minimum Gasteiger partial charge on any atom is -0.472 e. The number of aryl methyl sites for hydroxylation is 1. The van der Waals surface area contributed by atoms with Gasteiger partial charge in [0.1, 0.15) is 12.1 Å². The molecular formula is C18H16N6O3. The average Bonchev–Trinajstić information content (AvgIpc) is 3.33. The number of para-hydroxylation sites is 1. The number of furan rings is 1. The molecule has 0 bridgehead atoms. The lowest BCUT2D eigenvalue weighted by Gasteiger charge is -2.03. The first-order valence-corrected chi connectivity index (χ1v) is 8.42. The summed E-state index contributed by atoms with van der Waals surface area (Å²) < 4.78 is 4.98. The van der Waals surface area contributed by atoms with Gasteiger partial charge in [0, 0.05) is 12.8 Å². The van der Waals surface area contributed by atoms with Crippen LogP contribution in [0.3, 0.4) is 0 Å². The van der Waals surface area contributed by atoms with Crippen LogP contribution in [0.2, 0.25) is 0 Å². The van der Waals surface area contributed by atoms with Crippen LogP contribution in [0.1, 0.15) is 18.7 Å². The van der Waals surface area contributed by atoms with Gasteiger partial charge in [-0.15, -0.1) is 5.10 Å². The Morgan fingerprint density at radius 3 is 2.93 bits per heavy atom. The monoisotopic (exact) mass is 364 g/mol. The number of hydrogen-bond donors (Lipinski definition) is 3. The van der Waals surface area contributed by atoms with Crippen LogP contribution < -0.4 is 10.9 Å². The van der Waals surface area contributed by atoms with Crippen LogP contribution in [0.15, 0.2) is 52.1 Å². The Bertz CT molecular complexity index is 1130. The zero-order chi connectivity index (χ0) is 18.6. The van der Waals surface area contributed by atoms with Gasteiger partial charge in [0.15, 0.2) is 5.82 Å². The molecule has 0 atom stereocenters. The molecule has 4 aromatic rings. The van der Waals surface area contributed by atoms with Gasteiger partial charge in [-0.25, -0.2) is 4.98 Å². The average molecular weight is 364 g/mol. The van der Waals surface area contributed by atoms with Gasteiger partial charge in [0.2, 0.25) is 11.9 Å². The van der Waals surface area contributed by atoms with Crippen molar-refractivity contribution >= 4 is 22.8 Å². The lowest BCUT2D eigenvalue weighted by Crippen LogP contribution is -2.14. The molecule has 0 fully saturated rings. The standard InChI is InChI=1S/C18H16N6O3/c25-15(21-18-22-16(23-24-18)11-8-9-27-10-11)7-3-6-14-19-13-5-2-1-4-12(13)17(26)20-14/h1-2,4-5,8-10H,3,6-7H2,(H,19,20,26)(H2,21,22,23,24,25). The van der Waals surface area contributed by atoms with E-state index in [0.717, 1.165) is 5.56 Å². The number of benzene rings is 1. The maximum Gasteiger partial charge on any atom is 0.258 e. The molecule has 0 aliphatic rings. The lowest BCUT2D eigenvalue weighted by molar-refractivity contribution is -0.116. The first-order valence-electron chi connectivity index (χ1n) is 8.42. The van der Waals surface area contributed by atoms with E-state index < -0.39 is 0 Å². The van der Waals surface area contributed by atoms with Crippen LogP contribution in [0.4, 0.5) is 5.95 Å². The number of anilines is 1. The number of carbonyl (C=O) groups excluding carboxylic acids is 1. The molecule has 0 aliphatic carbocycles. The summed E-state index contributed by atoms with van der Waals surface area (Å²) in [6.45, 7) is 0. The predicted molar refractivity (Wildman–Crippen MR) is 98.0 cm³/mol. The highest BCUT2D eigenvalue weighted by atomic mass is 16.3. The van der Waals surface area contributed by atoms with Crippen molar-refractivity contribution in [2.45, 2.75) is 19.3 Å². The Labute approximate surface area is 152 Å². The van der Waals surface area contributed by atoms with Crippen molar-refractivity contribution in [3.05, 3.63) is 59.0 Å². The maximum atomic E-state index is 12.1. The summed E-state index contributed by atoms with van der Waals surface area (Å²) in [5.74, 6) is 1.06. The molecular weight excluding hydrogens is 348 g/mol. The topological polar surface area (TPSA) is 130 Å². The van der Waals surface area contributed by atoms with E-state index in [2.05, 4.69) is 30.5 Å². The molecule has 3 aromatic heterocycles. The molecule has 0 unspecified atom stereocenters. The van der Waals surface area contributed by atoms with Gasteiger partial charge < -0.3 is 9.40 Å². The number of amides is 1. The molecule has 0 saturated carbocycles. The third-order valence-corrected chi connectivity index (χ3v) is 4.01. The van der Waals surface area contributed by atoms with Crippen molar-refractivity contribution in [3.63, 3.8) is 0 Å². The van der Waals surface area contributed by atoms with Gasteiger partial charge in [-0.1, -0.05) is 12.1 Å². The smallest absolute Gasteiger partial charge is 0.258 e. The molecule has 0 spiro atoms. The molecule has 4 rings (SSSR count). The Balaban J connectivity index is 1.33. The Morgan fingerprint density at radius 2 is 2.07 bits per heavy atom. The van der Waals surface area contributed by atoms with Crippen LogP contribution >= 0.6 is 0 Å². The van der Waals surface area contributed by atoms with E-state index in [1.54, 1.807) is 24.3 Å². The first-order chi connectivity index (χ1) is 13.2. The number of nitrogens with zero attached hydrogens (tertiary/aromatic N) is 3. The summed E-state index contributed by atoms with van der Waals surface area (Å²) >= 11 is 0. The van der Waals surface area contributed by atoms with Crippen LogP contribution in [-0.2, 0) is 11.2 Å². The fraction of sp³-hybridized carbons (Fsp3) is 0.167. The minimum atomic E-state index is -0.212. The molecule has 1 amide bonds. The molecule has 9 nitrogen and oxygen atoms in total. The van der Waals surface area contributed by atoms with Crippen molar-refractivity contribution in [2.24, 2.45) is 0 Å². The van der Waals surface area contributed by atoms with E-state index in [1.807, 2.05) is 6.07 Å². The van der Waals surface area contributed by atoms with Gasteiger partial charge in [-0.2, -0.15) is 4.98 Å². The zero-order valence-corrected chi connectivity index (χ0v) is 14.2. The van der Waals surface area contributed by atoms with Crippen LogP contribution in [0.5, 0.6) is 0 Å². The molecule has 1 aromatic carbocycles. The molecule has 3 N–H and O–H groups in total. The quantitative estimate of drug-likeness (QED) is 0.481. The molecule has 0 aliphatic heterocycles. The first kappa shape index (κ1) is 16.7. The van der Waals surface area contributed by atoms with Crippen LogP contribution in [-0.4, -0.2) is 31.1 Å². The molecule has 27 heavy (non-hydrogen) atoms. The molecule has 136 valence electrons. The van der Waals surface area contributed by atoms with E-state index in [9.17, 15) is 9.59 Å². The summed E-state index contributed by atoms with van der Waals surface area (Å²) in [4.78, 5) is 35.5. The number of aromatic amines is 2. The molecule has 9 heteroatoms. The van der Waals surface area contributed by atoms with Crippen molar-refractivity contribution in [3.8, 4) is 11.4 Å². The summed E-state index contributed by atoms with van der Waals surface area (Å²) in [5.41, 5.74) is 1.22. The number of H-pyrrole nitrogens is 2. The van der Waals surface area contributed by atoms with Crippen LogP contribution in [0, 0.1) is 0 Å². The Kier molecular flexibility index (Phi) is 4.48. The lowest BCUT2D eigenvalue weighted by atomic mass is 10.2. The third-order valence-electron chi connectivity index (χ3n) is 4.01. The van der Waals surface area contributed by atoms with Crippen LogP contribution in [0.25, 0.3) is 22.3 Å². The highest BCUT2D eigenvalue weighted by Gasteiger charge is 2.10. The van der Waals surface area contributed by atoms with Crippen molar-refractivity contribution in [1.82, 2.24) is 25.1 Å². The van der Waals surface area contributed by atoms with E-state index in [4.69, 9.17) is 4.42 Å². The second-order valence-corrected chi connectivity index (χ2v) is 5.95. The van der Waals surface area contributed by atoms with Gasteiger partial charge in [0.25, 0.3) is 5.56 Å². The highest BCUT2D eigenvalue weighted by molar-refractivity contribution is 5.89. The van der Waals surface area contributed by atoms with Crippen molar-refractivity contribution in [2.75, 3.05) is 5.32 Å². The van der Waals surface area contributed by atoms with E-state index in [0.29, 0.717) is 35.4 Å². The Hall–Kier alpha value is -3.75. The maximum absolute atomic E-state index is 12.1. The molecule has 0 radical (unpaired) electrons. The second-order valence-electron chi connectivity index (χ2n) is 5.95. The van der Waals surface area contributed by atoms with Gasteiger partial charge >= 0.3 is 0 Å².